The number of hydrogen-bond acceptors (Lipinski definition) is 4. The Balaban J connectivity index is 2.30. The van der Waals surface area contributed by atoms with E-state index in [0.29, 0.717) is 17.9 Å². The standard InChI is InChI=1S/C12H11NO4/c1-7-11(12(15)16)10(13-17-7)6-8-2-4-9(14)5-3-8/h2-5,14H,6H2,1H3,(H,15,16). The van der Waals surface area contributed by atoms with E-state index in [-0.39, 0.29) is 11.3 Å². The summed E-state index contributed by atoms with van der Waals surface area (Å²) in [5.74, 6) is -0.577. The summed E-state index contributed by atoms with van der Waals surface area (Å²) >= 11 is 0. The number of nitrogens with zero attached hydrogens (tertiary/aromatic N) is 1. The molecule has 2 rings (SSSR count). The maximum atomic E-state index is 11.0. The van der Waals surface area contributed by atoms with Gasteiger partial charge in [-0.15, -0.1) is 0 Å². The number of benzene rings is 1. The molecule has 0 saturated heterocycles. The topological polar surface area (TPSA) is 83.6 Å². The van der Waals surface area contributed by atoms with Crippen molar-refractivity contribution in [2.75, 3.05) is 0 Å². The van der Waals surface area contributed by atoms with Crippen molar-refractivity contribution in [3.63, 3.8) is 0 Å². The maximum absolute atomic E-state index is 11.0. The van der Waals surface area contributed by atoms with Crippen LogP contribution < -0.4 is 0 Å². The molecule has 88 valence electrons. The van der Waals surface area contributed by atoms with E-state index in [1.54, 1.807) is 31.2 Å². The number of aryl methyl sites for hydroxylation is 1. The second kappa shape index (κ2) is 4.29. The van der Waals surface area contributed by atoms with E-state index in [1.807, 2.05) is 0 Å². The minimum absolute atomic E-state index is 0.109. The van der Waals surface area contributed by atoms with Gasteiger partial charge in [0.05, 0.1) is 0 Å². The van der Waals surface area contributed by atoms with E-state index in [9.17, 15) is 4.79 Å². The highest BCUT2D eigenvalue weighted by Gasteiger charge is 2.19. The third kappa shape index (κ3) is 2.28. The summed E-state index contributed by atoms with van der Waals surface area (Å²) in [6, 6.07) is 6.52. The first-order valence-electron chi connectivity index (χ1n) is 5.04. The third-order valence-corrected chi connectivity index (χ3v) is 2.46. The van der Waals surface area contributed by atoms with E-state index in [2.05, 4.69) is 5.16 Å². The average Bonchev–Trinajstić information content (AvgIpc) is 2.63. The fourth-order valence-corrected chi connectivity index (χ4v) is 1.62. The van der Waals surface area contributed by atoms with Gasteiger partial charge in [0, 0.05) is 6.42 Å². The van der Waals surface area contributed by atoms with Gasteiger partial charge in [-0.3, -0.25) is 0 Å². The highest BCUT2D eigenvalue weighted by atomic mass is 16.5. The van der Waals surface area contributed by atoms with Crippen LogP contribution in [0.3, 0.4) is 0 Å². The van der Waals surface area contributed by atoms with E-state index in [1.165, 1.54) is 0 Å². The molecule has 0 aliphatic rings. The lowest BCUT2D eigenvalue weighted by Crippen LogP contribution is -2.02. The van der Waals surface area contributed by atoms with Crippen molar-refractivity contribution in [3.05, 3.63) is 46.8 Å². The second-order valence-corrected chi connectivity index (χ2v) is 3.71. The Hall–Kier alpha value is -2.30. The van der Waals surface area contributed by atoms with Crippen molar-refractivity contribution >= 4 is 5.97 Å². The first-order valence-corrected chi connectivity index (χ1v) is 5.04. The van der Waals surface area contributed by atoms with Crippen LogP contribution in [0.4, 0.5) is 0 Å². The Morgan fingerprint density at radius 2 is 2.00 bits per heavy atom. The Labute approximate surface area is 97.3 Å². The number of carbonyl (C=O) groups is 1. The Morgan fingerprint density at radius 1 is 1.35 bits per heavy atom. The molecule has 0 saturated carbocycles. The minimum Gasteiger partial charge on any atom is -0.508 e. The van der Waals surface area contributed by atoms with Crippen LogP contribution in [0.1, 0.15) is 27.4 Å². The number of aromatic nitrogens is 1. The molecule has 17 heavy (non-hydrogen) atoms. The Morgan fingerprint density at radius 3 is 2.59 bits per heavy atom. The van der Waals surface area contributed by atoms with Gasteiger partial charge in [0.2, 0.25) is 0 Å². The molecule has 0 amide bonds. The van der Waals surface area contributed by atoms with Crippen molar-refractivity contribution in [3.8, 4) is 5.75 Å². The molecule has 1 heterocycles. The van der Waals surface area contributed by atoms with Gasteiger partial charge in [-0.25, -0.2) is 4.79 Å². The number of aromatic carboxylic acids is 1. The van der Waals surface area contributed by atoms with Gasteiger partial charge in [0.25, 0.3) is 0 Å². The van der Waals surface area contributed by atoms with Crippen molar-refractivity contribution in [1.29, 1.82) is 0 Å². The van der Waals surface area contributed by atoms with Crippen molar-refractivity contribution < 1.29 is 19.5 Å². The SMILES string of the molecule is Cc1onc(Cc2ccc(O)cc2)c1C(=O)O. The van der Waals surface area contributed by atoms with Crippen LogP contribution in [-0.4, -0.2) is 21.3 Å². The Kier molecular flexibility index (Phi) is 2.82. The number of aromatic hydroxyl groups is 1. The third-order valence-electron chi connectivity index (χ3n) is 2.46. The first-order chi connectivity index (χ1) is 8.08. The molecule has 0 aliphatic heterocycles. The van der Waals surface area contributed by atoms with Crippen molar-refractivity contribution in [1.82, 2.24) is 5.16 Å². The summed E-state index contributed by atoms with van der Waals surface area (Å²) in [7, 11) is 0. The Bertz CT molecular complexity index is 542. The number of rotatable bonds is 3. The molecule has 5 heteroatoms. The molecular weight excluding hydrogens is 222 g/mol. The molecule has 5 nitrogen and oxygen atoms in total. The summed E-state index contributed by atoms with van der Waals surface area (Å²) in [6.45, 7) is 1.57. The van der Waals surface area contributed by atoms with Crippen LogP contribution in [-0.2, 0) is 6.42 Å². The quantitative estimate of drug-likeness (QED) is 0.846. The van der Waals surface area contributed by atoms with Crippen molar-refractivity contribution in [2.24, 2.45) is 0 Å². The smallest absolute Gasteiger partial charge is 0.341 e. The highest BCUT2D eigenvalue weighted by molar-refractivity contribution is 5.89. The number of carboxylic acids is 1. The molecule has 0 unspecified atom stereocenters. The van der Waals surface area contributed by atoms with Crippen LogP contribution in [0.2, 0.25) is 0 Å². The fourth-order valence-electron chi connectivity index (χ4n) is 1.62. The molecule has 0 spiro atoms. The molecular formula is C12H11NO4. The molecule has 0 fully saturated rings. The van der Waals surface area contributed by atoms with E-state index in [4.69, 9.17) is 14.7 Å². The molecule has 0 bridgehead atoms. The van der Waals surface area contributed by atoms with E-state index >= 15 is 0 Å². The summed E-state index contributed by atoms with van der Waals surface area (Å²) in [5.41, 5.74) is 1.36. The van der Waals surface area contributed by atoms with Crippen LogP contribution in [0.25, 0.3) is 0 Å². The second-order valence-electron chi connectivity index (χ2n) is 3.71. The summed E-state index contributed by atoms with van der Waals surface area (Å²) in [6.07, 6.45) is 0.360. The molecule has 2 aromatic rings. The molecule has 0 atom stereocenters. The summed E-state index contributed by atoms with van der Waals surface area (Å²) < 4.78 is 4.87. The van der Waals surface area contributed by atoms with Crippen LogP contribution >= 0.6 is 0 Å². The lowest BCUT2D eigenvalue weighted by molar-refractivity contribution is 0.0694. The van der Waals surface area contributed by atoms with Gasteiger partial charge in [0.15, 0.2) is 0 Å². The number of carboxylic acid groups (broad SMARTS) is 1. The van der Waals surface area contributed by atoms with E-state index in [0.717, 1.165) is 5.56 Å². The maximum Gasteiger partial charge on any atom is 0.341 e. The highest BCUT2D eigenvalue weighted by Crippen LogP contribution is 2.18. The molecule has 2 N–H and O–H groups in total. The zero-order valence-electron chi connectivity index (χ0n) is 9.17. The normalized spacial score (nSPS) is 10.4. The largest absolute Gasteiger partial charge is 0.508 e. The molecule has 1 aromatic carbocycles. The zero-order chi connectivity index (χ0) is 12.4. The van der Waals surface area contributed by atoms with Gasteiger partial charge in [-0.2, -0.15) is 0 Å². The van der Waals surface area contributed by atoms with Gasteiger partial charge < -0.3 is 14.7 Å². The summed E-state index contributed by atoms with van der Waals surface area (Å²) in [5, 5.41) is 21.9. The van der Waals surface area contributed by atoms with Gasteiger partial charge in [-0.1, -0.05) is 17.3 Å². The number of hydrogen-bond donors (Lipinski definition) is 2. The lowest BCUT2D eigenvalue weighted by atomic mass is 10.1. The minimum atomic E-state index is -1.04. The number of phenolic OH excluding ortho intramolecular Hbond substituents is 1. The van der Waals surface area contributed by atoms with Gasteiger partial charge >= 0.3 is 5.97 Å². The van der Waals surface area contributed by atoms with Crippen LogP contribution in [0.5, 0.6) is 5.75 Å². The van der Waals surface area contributed by atoms with E-state index < -0.39 is 5.97 Å². The van der Waals surface area contributed by atoms with Gasteiger partial charge in [-0.05, 0) is 24.6 Å². The molecule has 0 aliphatic carbocycles. The lowest BCUT2D eigenvalue weighted by Gasteiger charge is -1.99. The van der Waals surface area contributed by atoms with Crippen molar-refractivity contribution in [2.45, 2.75) is 13.3 Å². The van der Waals surface area contributed by atoms with Crippen LogP contribution in [0.15, 0.2) is 28.8 Å². The predicted octanol–water partition coefficient (Wildman–Crippen LogP) is 1.98. The molecule has 1 aromatic heterocycles. The fraction of sp³-hybridized carbons (Fsp3) is 0.167. The molecule has 0 radical (unpaired) electrons. The average molecular weight is 233 g/mol. The van der Waals surface area contributed by atoms with Gasteiger partial charge in [0.1, 0.15) is 22.8 Å². The monoisotopic (exact) mass is 233 g/mol. The first kappa shape index (κ1) is 11.2. The number of phenols is 1. The zero-order valence-corrected chi connectivity index (χ0v) is 9.17. The predicted molar refractivity (Wildman–Crippen MR) is 59.1 cm³/mol. The van der Waals surface area contributed by atoms with Crippen LogP contribution in [0, 0.1) is 6.92 Å². The summed E-state index contributed by atoms with van der Waals surface area (Å²) in [4.78, 5) is 11.0.